The highest BCUT2D eigenvalue weighted by Gasteiger charge is 2.35. The molecule has 6 heteroatoms. The van der Waals surface area contributed by atoms with Gasteiger partial charge in [-0.1, -0.05) is 43.2 Å². The molecule has 33 heavy (non-hydrogen) atoms. The van der Waals surface area contributed by atoms with Gasteiger partial charge in [0.15, 0.2) is 0 Å². The molecular weight excluding hydrogens is 436 g/mol. The SMILES string of the molecule is CC1(C)CCC(CN2CCN3c4ccc(C(=O)O)cc4OC[C@@H]3C2)=C(c2ccc(Cl)cc2)C1. The van der Waals surface area contributed by atoms with Crippen molar-refractivity contribution < 1.29 is 14.6 Å². The molecule has 2 aliphatic heterocycles. The molecule has 1 saturated heterocycles. The average Bonchev–Trinajstić information content (AvgIpc) is 2.80. The highest BCUT2D eigenvalue weighted by molar-refractivity contribution is 6.30. The van der Waals surface area contributed by atoms with Crippen molar-refractivity contribution in [3.05, 3.63) is 64.2 Å². The van der Waals surface area contributed by atoms with Crippen molar-refractivity contribution in [2.24, 2.45) is 5.41 Å². The Labute approximate surface area is 200 Å². The first kappa shape index (κ1) is 22.3. The van der Waals surface area contributed by atoms with Crippen LogP contribution in [0.4, 0.5) is 5.69 Å². The minimum atomic E-state index is -0.922. The Kier molecular flexibility index (Phi) is 5.87. The topological polar surface area (TPSA) is 53.0 Å². The number of anilines is 1. The summed E-state index contributed by atoms with van der Waals surface area (Å²) in [5.41, 5.74) is 5.92. The Bertz CT molecular complexity index is 1090. The lowest BCUT2D eigenvalue weighted by Gasteiger charge is -2.46. The predicted molar refractivity (Wildman–Crippen MR) is 132 cm³/mol. The van der Waals surface area contributed by atoms with Gasteiger partial charge in [0.1, 0.15) is 12.4 Å². The number of benzene rings is 2. The normalized spacial score (nSPS) is 22.4. The van der Waals surface area contributed by atoms with Crippen LogP contribution < -0.4 is 9.64 Å². The Balaban J connectivity index is 1.34. The average molecular weight is 467 g/mol. The molecule has 1 atom stereocenters. The van der Waals surface area contributed by atoms with Gasteiger partial charge in [-0.3, -0.25) is 4.90 Å². The first-order valence-corrected chi connectivity index (χ1v) is 12.1. The van der Waals surface area contributed by atoms with Crippen molar-refractivity contribution in [2.75, 3.05) is 37.7 Å². The van der Waals surface area contributed by atoms with Crippen molar-refractivity contribution in [1.82, 2.24) is 4.90 Å². The molecule has 1 fully saturated rings. The van der Waals surface area contributed by atoms with Crippen LogP contribution in [0.25, 0.3) is 5.57 Å². The van der Waals surface area contributed by atoms with E-state index in [0.717, 1.165) is 49.7 Å². The van der Waals surface area contributed by atoms with Gasteiger partial charge in [-0.15, -0.1) is 0 Å². The summed E-state index contributed by atoms with van der Waals surface area (Å²) in [6, 6.07) is 13.8. The number of ether oxygens (including phenoxy) is 1. The molecule has 0 radical (unpaired) electrons. The van der Waals surface area contributed by atoms with Crippen molar-refractivity contribution in [1.29, 1.82) is 0 Å². The number of piperazine rings is 1. The van der Waals surface area contributed by atoms with E-state index >= 15 is 0 Å². The van der Waals surface area contributed by atoms with Crippen LogP contribution in [-0.2, 0) is 0 Å². The Morgan fingerprint density at radius 1 is 1.18 bits per heavy atom. The molecule has 3 aliphatic rings. The van der Waals surface area contributed by atoms with Crippen LogP contribution in [0.2, 0.25) is 5.02 Å². The second kappa shape index (κ2) is 8.69. The number of hydrogen-bond acceptors (Lipinski definition) is 4. The van der Waals surface area contributed by atoms with Gasteiger partial charge in [0, 0.05) is 31.2 Å². The van der Waals surface area contributed by atoms with Crippen LogP contribution in [0.5, 0.6) is 5.75 Å². The zero-order chi connectivity index (χ0) is 23.2. The van der Waals surface area contributed by atoms with Crippen LogP contribution in [-0.4, -0.2) is 54.8 Å². The van der Waals surface area contributed by atoms with E-state index in [4.69, 9.17) is 16.3 Å². The van der Waals surface area contributed by atoms with Crippen LogP contribution in [0, 0.1) is 5.41 Å². The molecule has 0 spiro atoms. The summed E-state index contributed by atoms with van der Waals surface area (Å²) in [5.74, 6) is -0.240. The predicted octanol–water partition coefficient (Wildman–Crippen LogP) is 5.59. The molecule has 2 aromatic rings. The number of carboxylic acid groups (broad SMARTS) is 1. The maximum absolute atomic E-state index is 11.3. The van der Waals surface area contributed by atoms with E-state index in [9.17, 15) is 9.90 Å². The summed E-state index contributed by atoms with van der Waals surface area (Å²) in [7, 11) is 0. The van der Waals surface area contributed by atoms with Gasteiger partial charge in [0.05, 0.1) is 17.3 Å². The van der Waals surface area contributed by atoms with Gasteiger partial charge < -0.3 is 14.7 Å². The lowest BCUT2D eigenvalue weighted by atomic mass is 9.72. The Morgan fingerprint density at radius 3 is 2.73 bits per heavy atom. The van der Waals surface area contributed by atoms with Crippen molar-refractivity contribution in [2.45, 2.75) is 39.2 Å². The van der Waals surface area contributed by atoms with Gasteiger partial charge in [0.2, 0.25) is 0 Å². The summed E-state index contributed by atoms with van der Waals surface area (Å²) in [6.45, 7) is 9.16. The molecule has 0 unspecified atom stereocenters. The molecule has 0 aromatic heterocycles. The third-order valence-corrected chi connectivity index (χ3v) is 7.56. The number of rotatable bonds is 4. The second-order valence-corrected chi connectivity index (χ2v) is 10.7. The number of hydrogen-bond donors (Lipinski definition) is 1. The molecule has 2 heterocycles. The fraction of sp³-hybridized carbons (Fsp3) is 0.444. The minimum Gasteiger partial charge on any atom is -0.489 e. The maximum atomic E-state index is 11.3. The van der Waals surface area contributed by atoms with E-state index in [0.29, 0.717) is 17.8 Å². The fourth-order valence-electron chi connectivity index (χ4n) is 5.44. The number of carboxylic acids is 1. The lowest BCUT2D eigenvalue weighted by Crippen LogP contribution is -2.57. The lowest BCUT2D eigenvalue weighted by molar-refractivity contribution is 0.0696. The fourth-order valence-corrected chi connectivity index (χ4v) is 5.57. The third kappa shape index (κ3) is 4.62. The largest absolute Gasteiger partial charge is 0.489 e. The van der Waals surface area contributed by atoms with E-state index in [-0.39, 0.29) is 11.6 Å². The van der Waals surface area contributed by atoms with E-state index in [1.54, 1.807) is 17.7 Å². The Hall–Kier alpha value is -2.50. The van der Waals surface area contributed by atoms with Crippen molar-refractivity contribution in [3.63, 3.8) is 0 Å². The number of halogens is 1. The molecule has 0 saturated carbocycles. The molecule has 174 valence electrons. The number of carbonyl (C=O) groups is 1. The van der Waals surface area contributed by atoms with E-state index < -0.39 is 5.97 Å². The van der Waals surface area contributed by atoms with Gasteiger partial charge in [0.25, 0.3) is 0 Å². The second-order valence-electron chi connectivity index (χ2n) is 10.3. The summed E-state index contributed by atoms with van der Waals surface area (Å²) < 4.78 is 5.99. The van der Waals surface area contributed by atoms with Crippen LogP contribution >= 0.6 is 11.6 Å². The summed E-state index contributed by atoms with van der Waals surface area (Å²) in [4.78, 5) is 16.2. The Morgan fingerprint density at radius 2 is 1.97 bits per heavy atom. The third-order valence-electron chi connectivity index (χ3n) is 7.31. The summed E-state index contributed by atoms with van der Waals surface area (Å²) in [5, 5.41) is 10.1. The highest BCUT2D eigenvalue weighted by Crippen LogP contribution is 2.43. The standard InChI is InChI=1S/C27H31ClN2O3/c1-27(2)10-9-20(23(14-27)18-3-6-21(28)7-4-18)15-29-11-12-30-22(16-29)17-33-25-13-19(26(31)32)5-8-24(25)30/h3-8,13,22H,9-12,14-17H2,1-2H3,(H,31,32)/t22-/m0/s1. The van der Waals surface area contributed by atoms with Gasteiger partial charge in [-0.25, -0.2) is 4.79 Å². The number of nitrogens with zero attached hydrogens (tertiary/aromatic N) is 2. The zero-order valence-electron chi connectivity index (χ0n) is 19.3. The van der Waals surface area contributed by atoms with Gasteiger partial charge in [-0.05, 0) is 66.1 Å². The van der Waals surface area contributed by atoms with E-state index in [2.05, 4.69) is 35.8 Å². The molecule has 1 aliphatic carbocycles. The number of allylic oxidation sites excluding steroid dienone is 1. The summed E-state index contributed by atoms with van der Waals surface area (Å²) >= 11 is 6.15. The van der Waals surface area contributed by atoms with E-state index in [1.165, 1.54) is 17.6 Å². The molecular formula is C27H31ClN2O3. The molecule has 5 nitrogen and oxygen atoms in total. The molecule has 0 amide bonds. The van der Waals surface area contributed by atoms with Gasteiger partial charge in [-0.2, -0.15) is 0 Å². The molecule has 0 bridgehead atoms. The maximum Gasteiger partial charge on any atom is 0.335 e. The summed E-state index contributed by atoms with van der Waals surface area (Å²) in [6.07, 6.45) is 3.44. The highest BCUT2D eigenvalue weighted by atomic mass is 35.5. The van der Waals surface area contributed by atoms with E-state index in [1.807, 2.05) is 18.2 Å². The number of fused-ring (bicyclic) bond motifs is 3. The quantitative estimate of drug-likeness (QED) is 0.637. The van der Waals surface area contributed by atoms with Gasteiger partial charge >= 0.3 is 5.97 Å². The minimum absolute atomic E-state index is 0.271. The smallest absolute Gasteiger partial charge is 0.335 e. The molecule has 1 N–H and O–H groups in total. The van der Waals surface area contributed by atoms with Crippen molar-refractivity contribution in [3.8, 4) is 5.75 Å². The van der Waals surface area contributed by atoms with Crippen LogP contribution in [0.3, 0.4) is 0 Å². The molecule has 5 rings (SSSR count). The molecule has 2 aromatic carbocycles. The monoisotopic (exact) mass is 466 g/mol. The first-order chi connectivity index (χ1) is 15.8. The first-order valence-electron chi connectivity index (χ1n) is 11.7. The zero-order valence-corrected chi connectivity index (χ0v) is 20.1. The van der Waals surface area contributed by atoms with Crippen molar-refractivity contribution >= 4 is 28.8 Å². The van der Waals surface area contributed by atoms with Crippen LogP contribution in [0.15, 0.2) is 48.0 Å². The number of aromatic carboxylic acids is 1. The van der Waals surface area contributed by atoms with Crippen LogP contribution in [0.1, 0.15) is 49.0 Å².